The summed E-state index contributed by atoms with van der Waals surface area (Å²) in [4.78, 5) is 16.3. The highest BCUT2D eigenvalue weighted by molar-refractivity contribution is 7.89. The van der Waals surface area contributed by atoms with Crippen LogP contribution in [-0.4, -0.2) is 35.7 Å². The Labute approximate surface area is 159 Å². The van der Waals surface area contributed by atoms with Crippen LogP contribution in [0, 0.1) is 5.92 Å². The van der Waals surface area contributed by atoms with Crippen LogP contribution in [0.1, 0.15) is 13.8 Å². The molecule has 8 nitrogen and oxygen atoms in total. The van der Waals surface area contributed by atoms with Gasteiger partial charge in [-0.15, -0.1) is 11.3 Å². The van der Waals surface area contributed by atoms with Gasteiger partial charge in [-0.25, -0.2) is 8.42 Å². The molecule has 10 heteroatoms. The van der Waals surface area contributed by atoms with Gasteiger partial charge in [0.05, 0.1) is 9.77 Å². The van der Waals surface area contributed by atoms with Crippen LogP contribution in [0.25, 0.3) is 22.2 Å². The van der Waals surface area contributed by atoms with Gasteiger partial charge in [0.2, 0.25) is 15.8 Å². The lowest BCUT2D eigenvalue weighted by Crippen LogP contribution is -2.44. The molecule has 0 amide bonds. The molecule has 3 aromatic rings. The van der Waals surface area contributed by atoms with Crippen molar-refractivity contribution in [2.45, 2.75) is 24.8 Å². The fraction of sp³-hybridized carbons (Fsp3) is 0.235. The predicted octanol–water partition coefficient (Wildman–Crippen LogP) is 2.85. The number of carboxylic acid groups (broad SMARTS) is 1. The maximum Gasteiger partial charge on any atom is 0.322 e. The molecule has 0 aliphatic rings. The summed E-state index contributed by atoms with van der Waals surface area (Å²) >= 11 is 1.47. The summed E-state index contributed by atoms with van der Waals surface area (Å²) in [6.07, 6.45) is 0. The van der Waals surface area contributed by atoms with Crippen molar-refractivity contribution in [2.24, 2.45) is 5.92 Å². The third-order valence-corrected chi connectivity index (χ3v) is 6.11. The number of hydrogen-bond donors (Lipinski definition) is 2. The summed E-state index contributed by atoms with van der Waals surface area (Å²) in [5.41, 5.74) is 0.583. The van der Waals surface area contributed by atoms with Gasteiger partial charge in [0.1, 0.15) is 6.04 Å². The van der Waals surface area contributed by atoms with E-state index in [9.17, 15) is 18.3 Å². The molecule has 0 saturated heterocycles. The van der Waals surface area contributed by atoms with Gasteiger partial charge in [-0.05, 0) is 41.6 Å². The number of carbonyl (C=O) groups is 1. The molecule has 2 aromatic heterocycles. The van der Waals surface area contributed by atoms with E-state index in [-0.39, 0.29) is 4.90 Å². The standard InChI is InChI=1S/C17H17N3O5S2/c1-10(2)14(17(21)22)20-27(23,24)12-7-5-11(6-8-12)15-18-16(25-19-15)13-4-3-9-26-13/h3-10,14,20H,1-2H3,(H,21,22). The summed E-state index contributed by atoms with van der Waals surface area (Å²) in [5, 5.41) is 15.0. The molecule has 2 heterocycles. The van der Waals surface area contributed by atoms with Crippen molar-refractivity contribution in [1.29, 1.82) is 0 Å². The third-order valence-electron chi connectivity index (χ3n) is 3.80. The number of rotatable bonds is 7. The minimum atomic E-state index is -3.97. The largest absolute Gasteiger partial charge is 0.480 e. The fourth-order valence-electron chi connectivity index (χ4n) is 2.33. The van der Waals surface area contributed by atoms with E-state index < -0.39 is 28.0 Å². The molecule has 142 valence electrons. The molecular formula is C17H17N3O5S2. The van der Waals surface area contributed by atoms with Crippen LogP contribution in [0.15, 0.2) is 51.2 Å². The van der Waals surface area contributed by atoms with Crippen molar-refractivity contribution in [3.05, 3.63) is 41.8 Å². The van der Waals surface area contributed by atoms with Crippen molar-refractivity contribution < 1.29 is 22.8 Å². The van der Waals surface area contributed by atoms with Gasteiger partial charge in [-0.2, -0.15) is 9.71 Å². The maximum atomic E-state index is 12.4. The Morgan fingerprint density at radius 1 is 1.22 bits per heavy atom. The average molecular weight is 407 g/mol. The SMILES string of the molecule is CC(C)C(NS(=O)(=O)c1ccc(-c2noc(-c3cccs3)n2)cc1)C(=O)O. The van der Waals surface area contributed by atoms with E-state index in [4.69, 9.17) is 4.52 Å². The second-order valence-electron chi connectivity index (χ2n) is 6.11. The van der Waals surface area contributed by atoms with E-state index in [1.54, 1.807) is 26.0 Å². The van der Waals surface area contributed by atoms with E-state index >= 15 is 0 Å². The van der Waals surface area contributed by atoms with Crippen molar-refractivity contribution >= 4 is 27.3 Å². The molecule has 3 rings (SSSR count). The molecule has 0 aliphatic heterocycles. The van der Waals surface area contributed by atoms with Crippen molar-refractivity contribution in [3.63, 3.8) is 0 Å². The number of carboxylic acids is 1. The lowest BCUT2D eigenvalue weighted by Gasteiger charge is -2.18. The first-order valence-corrected chi connectivity index (χ1v) is 10.4. The number of aliphatic carboxylic acids is 1. The van der Waals surface area contributed by atoms with Crippen molar-refractivity contribution in [2.75, 3.05) is 0 Å². The lowest BCUT2D eigenvalue weighted by atomic mass is 10.1. The summed E-state index contributed by atoms with van der Waals surface area (Å²) in [5.74, 6) is -0.898. The Morgan fingerprint density at radius 3 is 2.48 bits per heavy atom. The maximum absolute atomic E-state index is 12.4. The molecule has 1 atom stereocenters. The highest BCUT2D eigenvalue weighted by Crippen LogP contribution is 2.26. The number of nitrogens with one attached hydrogen (secondary N) is 1. The second kappa shape index (κ2) is 7.59. The monoisotopic (exact) mass is 407 g/mol. The fourth-order valence-corrected chi connectivity index (χ4v) is 4.31. The molecule has 0 bridgehead atoms. The van der Waals surface area contributed by atoms with Gasteiger partial charge in [-0.1, -0.05) is 25.1 Å². The minimum Gasteiger partial charge on any atom is -0.480 e. The Bertz CT molecular complexity index is 1020. The first-order valence-electron chi connectivity index (χ1n) is 8.01. The van der Waals surface area contributed by atoms with Gasteiger partial charge >= 0.3 is 5.97 Å². The van der Waals surface area contributed by atoms with Crippen LogP contribution < -0.4 is 4.72 Å². The van der Waals surface area contributed by atoms with Gasteiger partial charge in [0.25, 0.3) is 5.89 Å². The highest BCUT2D eigenvalue weighted by Gasteiger charge is 2.28. The molecule has 0 aliphatic carbocycles. The highest BCUT2D eigenvalue weighted by atomic mass is 32.2. The molecule has 1 aromatic carbocycles. The molecular weight excluding hydrogens is 390 g/mol. The second-order valence-corrected chi connectivity index (χ2v) is 8.77. The van der Waals surface area contributed by atoms with Crippen LogP contribution in [-0.2, 0) is 14.8 Å². The Hall–Kier alpha value is -2.56. The summed E-state index contributed by atoms with van der Waals surface area (Å²) in [6, 6.07) is 8.36. The van der Waals surface area contributed by atoms with Gasteiger partial charge in [0.15, 0.2) is 0 Å². The lowest BCUT2D eigenvalue weighted by molar-refractivity contribution is -0.140. The Morgan fingerprint density at radius 2 is 1.93 bits per heavy atom. The van der Waals surface area contributed by atoms with Crippen LogP contribution >= 0.6 is 11.3 Å². The van der Waals surface area contributed by atoms with E-state index in [1.165, 1.54) is 23.5 Å². The summed E-state index contributed by atoms with van der Waals surface area (Å²) in [6.45, 7) is 3.26. The normalized spacial score (nSPS) is 13.0. The van der Waals surface area contributed by atoms with Crippen LogP contribution in [0.5, 0.6) is 0 Å². The number of aromatic nitrogens is 2. The Kier molecular flexibility index (Phi) is 5.40. The van der Waals surface area contributed by atoms with Gasteiger partial charge in [-0.3, -0.25) is 4.79 Å². The quantitative estimate of drug-likeness (QED) is 0.617. The van der Waals surface area contributed by atoms with E-state index in [0.29, 0.717) is 17.3 Å². The zero-order chi connectivity index (χ0) is 19.6. The molecule has 0 spiro atoms. The number of hydrogen-bond acceptors (Lipinski definition) is 7. The van der Waals surface area contributed by atoms with Crippen molar-refractivity contribution in [3.8, 4) is 22.2 Å². The van der Waals surface area contributed by atoms with Crippen LogP contribution in [0.2, 0.25) is 0 Å². The predicted molar refractivity (Wildman–Crippen MR) is 99.6 cm³/mol. The van der Waals surface area contributed by atoms with E-state index in [1.807, 2.05) is 17.5 Å². The van der Waals surface area contributed by atoms with Crippen LogP contribution in [0.4, 0.5) is 0 Å². The van der Waals surface area contributed by atoms with Crippen LogP contribution in [0.3, 0.4) is 0 Å². The third kappa shape index (κ3) is 4.24. The smallest absolute Gasteiger partial charge is 0.322 e. The number of thiophene rings is 1. The molecule has 1 unspecified atom stereocenters. The number of benzene rings is 1. The zero-order valence-corrected chi connectivity index (χ0v) is 16.1. The summed E-state index contributed by atoms with van der Waals surface area (Å²) in [7, 11) is -3.97. The van der Waals surface area contributed by atoms with E-state index in [0.717, 1.165) is 4.88 Å². The first kappa shape index (κ1) is 19.2. The topological polar surface area (TPSA) is 122 Å². The molecule has 2 N–H and O–H groups in total. The van der Waals surface area contributed by atoms with Gasteiger partial charge < -0.3 is 9.63 Å². The molecule has 0 fully saturated rings. The van der Waals surface area contributed by atoms with Gasteiger partial charge in [0, 0.05) is 5.56 Å². The van der Waals surface area contributed by atoms with Crippen molar-refractivity contribution in [1.82, 2.24) is 14.9 Å². The average Bonchev–Trinajstić information content (AvgIpc) is 3.30. The van der Waals surface area contributed by atoms with E-state index in [2.05, 4.69) is 14.9 Å². The number of nitrogens with zero attached hydrogens (tertiary/aromatic N) is 2. The molecule has 0 saturated carbocycles. The summed E-state index contributed by atoms with van der Waals surface area (Å²) < 4.78 is 32.3. The molecule has 27 heavy (non-hydrogen) atoms. The zero-order valence-electron chi connectivity index (χ0n) is 14.5. The minimum absolute atomic E-state index is 0.0416. The Balaban J connectivity index is 1.81. The molecule has 0 radical (unpaired) electrons. The first-order chi connectivity index (χ1) is 12.8. The number of sulfonamides is 1.